The van der Waals surface area contributed by atoms with E-state index in [9.17, 15) is 4.39 Å². The topological polar surface area (TPSA) is 17.3 Å². The van der Waals surface area contributed by atoms with Gasteiger partial charge in [0.15, 0.2) is 4.80 Å². The van der Waals surface area contributed by atoms with Crippen molar-refractivity contribution < 1.29 is 4.39 Å². The molecular weight excluding hydrogens is 315 g/mol. The van der Waals surface area contributed by atoms with Crippen LogP contribution in [0.25, 0.3) is 10.6 Å². The fourth-order valence-corrected chi connectivity index (χ4v) is 3.97. The summed E-state index contributed by atoms with van der Waals surface area (Å²) in [5, 5.41) is 4.25. The zero-order valence-corrected chi connectivity index (χ0v) is 14.0. The third-order valence-corrected chi connectivity index (χ3v) is 5.11. The van der Waals surface area contributed by atoms with Gasteiger partial charge in [-0.3, -0.25) is 0 Å². The molecular formula is C17H17FN2S2. The number of thiophene rings is 1. The third-order valence-electron chi connectivity index (χ3n) is 3.36. The predicted octanol–water partition coefficient (Wildman–Crippen LogP) is 5.45. The second-order valence-electron chi connectivity index (χ2n) is 4.97. The van der Waals surface area contributed by atoms with Gasteiger partial charge in [0.1, 0.15) is 5.82 Å². The van der Waals surface area contributed by atoms with Gasteiger partial charge in [0.05, 0.1) is 16.3 Å². The number of halogens is 1. The molecule has 5 heteroatoms. The van der Waals surface area contributed by atoms with E-state index in [0.29, 0.717) is 0 Å². The SMILES string of the molecule is CCCCn1c(-c2cccs2)csc1=Nc1ccc(F)cc1. The monoisotopic (exact) mass is 332 g/mol. The molecule has 0 saturated carbocycles. The Kier molecular flexibility index (Phi) is 4.85. The largest absolute Gasteiger partial charge is 0.316 e. The van der Waals surface area contributed by atoms with Gasteiger partial charge in [-0.15, -0.1) is 22.7 Å². The van der Waals surface area contributed by atoms with E-state index in [-0.39, 0.29) is 5.82 Å². The molecule has 0 bridgehead atoms. The molecule has 114 valence electrons. The Labute approximate surface area is 137 Å². The van der Waals surface area contributed by atoms with Crippen LogP contribution in [0.3, 0.4) is 0 Å². The predicted molar refractivity (Wildman–Crippen MR) is 92.2 cm³/mol. The molecule has 0 N–H and O–H groups in total. The lowest BCUT2D eigenvalue weighted by molar-refractivity contribution is 0.623. The quantitative estimate of drug-likeness (QED) is 0.591. The van der Waals surface area contributed by atoms with Gasteiger partial charge >= 0.3 is 0 Å². The highest BCUT2D eigenvalue weighted by Gasteiger charge is 2.08. The van der Waals surface area contributed by atoms with Gasteiger partial charge in [-0.05, 0) is 42.1 Å². The lowest BCUT2D eigenvalue weighted by Crippen LogP contribution is -2.15. The van der Waals surface area contributed by atoms with Gasteiger partial charge in [0.2, 0.25) is 0 Å². The third kappa shape index (κ3) is 3.36. The van der Waals surface area contributed by atoms with Crippen molar-refractivity contribution in [1.29, 1.82) is 0 Å². The van der Waals surface area contributed by atoms with Crippen molar-refractivity contribution in [3.05, 3.63) is 57.8 Å². The molecule has 0 aliphatic carbocycles. The van der Waals surface area contributed by atoms with Crippen molar-refractivity contribution in [3.63, 3.8) is 0 Å². The first-order valence-corrected chi connectivity index (χ1v) is 9.06. The van der Waals surface area contributed by atoms with Crippen LogP contribution in [0.4, 0.5) is 10.1 Å². The normalized spacial score (nSPS) is 12.0. The van der Waals surface area contributed by atoms with Gasteiger partial charge in [-0.2, -0.15) is 0 Å². The van der Waals surface area contributed by atoms with Gasteiger partial charge < -0.3 is 4.57 Å². The minimum absolute atomic E-state index is 0.233. The molecule has 0 spiro atoms. The van der Waals surface area contributed by atoms with E-state index in [1.54, 1.807) is 34.8 Å². The number of rotatable bonds is 5. The standard InChI is InChI=1S/C17H17FN2S2/c1-2-3-10-20-15(16-5-4-11-21-16)12-22-17(20)19-14-8-6-13(18)7-9-14/h4-9,11-12H,2-3,10H2,1H3. The van der Waals surface area contributed by atoms with Crippen molar-refractivity contribution >= 4 is 28.4 Å². The number of thiazole rings is 1. The Bertz CT molecular complexity index is 783. The van der Waals surface area contributed by atoms with Gasteiger partial charge in [0, 0.05) is 11.9 Å². The van der Waals surface area contributed by atoms with Crippen molar-refractivity contribution in [2.45, 2.75) is 26.3 Å². The molecule has 0 amide bonds. The van der Waals surface area contributed by atoms with Crippen LogP contribution in [0.2, 0.25) is 0 Å². The van der Waals surface area contributed by atoms with E-state index >= 15 is 0 Å². The first-order valence-electron chi connectivity index (χ1n) is 7.30. The van der Waals surface area contributed by atoms with Gasteiger partial charge in [-0.25, -0.2) is 9.38 Å². The molecule has 0 aliphatic heterocycles. The fourth-order valence-electron chi connectivity index (χ4n) is 2.20. The molecule has 0 radical (unpaired) electrons. The minimum atomic E-state index is -0.233. The van der Waals surface area contributed by atoms with Crippen molar-refractivity contribution in [2.24, 2.45) is 4.99 Å². The van der Waals surface area contributed by atoms with Crippen LogP contribution in [0.1, 0.15) is 19.8 Å². The Morgan fingerprint density at radius 1 is 1.14 bits per heavy atom. The summed E-state index contributed by atoms with van der Waals surface area (Å²) in [6.07, 6.45) is 2.26. The summed E-state index contributed by atoms with van der Waals surface area (Å²) in [5.74, 6) is -0.233. The first-order chi connectivity index (χ1) is 10.8. The zero-order chi connectivity index (χ0) is 15.4. The Hall–Kier alpha value is -1.72. The molecule has 0 fully saturated rings. The van der Waals surface area contributed by atoms with Gasteiger partial charge in [0.25, 0.3) is 0 Å². The van der Waals surface area contributed by atoms with Crippen LogP contribution >= 0.6 is 22.7 Å². The average molecular weight is 332 g/mol. The number of aromatic nitrogens is 1. The summed E-state index contributed by atoms with van der Waals surface area (Å²) in [6.45, 7) is 3.14. The second-order valence-corrected chi connectivity index (χ2v) is 6.76. The van der Waals surface area contributed by atoms with Crippen LogP contribution < -0.4 is 4.80 Å². The Balaban J connectivity index is 2.05. The maximum absolute atomic E-state index is 13.0. The minimum Gasteiger partial charge on any atom is -0.316 e. The van der Waals surface area contributed by atoms with E-state index in [1.807, 2.05) is 0 Å². The number of nitrogens with zero attached hydrogens (tertiary/aromatic N) is 2. The van der Waals surface area contributed by atoms with Crippen molar-refractivity contribution in [1.82, 2.24) is 4.57 Å². The van der Waals surface area contributed by atoms with Crippen LogP contribution in [0, 0.1) is 5.82 Å². The molecule has 2 aromatic heterocycles. The maximum Gasteiger partial charge on any atom is 0.190 e. The Morgan fingerprint density at radius 3 is 2.64 bits per heavy atom. The summed E-state index contributed by atoms with van der Waals surface area (Å²) in [7, 11) is 0. The van der Waals surface area contributed by atoms with Crippen LogP contribution in [-0.4, -0.2) is 4.57 Å². The summed E-state index contributed by atoms with van der Waals surface area (Å²) >= 11 is 3.37. The van der Waals surface area contributed by atoms with Crippen molar-refractivity contribution in [3.8, 4) is 10.6 Å². The van der Waals surface area contributed by atoms with E-state index in [2.05, 4.69) is 39.4 Å². The molecule has 2 heterocycles. The van der Waals surface area contributed by atoms with Crippen molar-refractivity contribution in [2.75, 3.05) is 0 Å². The maximum atomic E-state index is 13.0. The van der Waals surface area contributed by atoms with E-state index < -0.39 is 0 Å². The van der Waals surface area contributed by atoms with E-state index in [0.717, 1.165) is 29.9 Å². The average Bonchev–Trinajstić information content (AvgIpc) is 3.17. The molecule has 0 atom stereocenters. The van der Waals surface area contributed by atoms with Crippen LogP contribution in [0.5, 0.6) is 0 Å². The highest BCUT2D eigenvalue weighted by atomic mass is 32.1. The summed E-state index contributed by atoms with van der Waals surface area (Å²) < 4.78 is 15.3. The lowest BCUT2D eigenvalue weighted by atomic mass is 10.3. The highest BCUT2D eigenvalue weighted by Crippen LogP contribution is 2.25. The van der Waals surface area contributed by atoms with Crippen LogP contribution in [-0.2, 0) is 6.54 Å². The molecule has 3 aromatic rings. The Morgan fingerprint density at radius 2 is 1.95 bits per heavy atom. The number of hydrogen-bond acceptors (Lipinski definition) is 3. The number of benzene rings is 1. The lowest BCUT2D eigenvalue weighted by Gasteiger charge is -2.06. The number of hydrogen-bond donors (Lipinski definition) is 0. The summed E-state index contributed by atoms with van der Waals surface area (Å²) in [6, 6.07) is 10.5. The fraction of sp³-hybridized carbons (Fsp3) is 0.235. The zero-order valence-electron chi connectivity index (χ0n) is 12.3. The molecule has 3 rings (SSSR count). The van der Waals surface area contributed by atoms with Gasteiger partial charge in [-0.1, -0.05) is 19.4 Å². The molecule has 2 nitrogen and oxygen atoms in total. The highest BCUT2D eigenvalue weighted by molar-refractivity contribution is 7.14. The smallest absolute Gasteiger partial charge is 0.190 e. The molecule has 0 unspecified atom stereocenters. The van der Waals surface area contributed by atoms with Crippen LogP contribution in [0.15, 0.2) is 52.2 Å². The molecule has 0 saturated heterocycles. The second kappa shape index (κ2) is 7.03. The van der Waals surface area contributed by atoms with E-state index in [4.69, 9.17) is 0 Å². The molecule has 1 aromatic carbocycles. The first kappa shape index (κ1) is 15.2. The molecule has 0 aliphatic rings. The molecule has 22 heavy (non-hydrogen) atoms. The number of unbranched alkanes of at least 4 members (excludes halogenated alkanes) is 1. The van der Waals surface area contributed by atoms with E-state index in [1.165, 1.54) is 22.7 Å². The summed E-state index contributed by atoms with van der Waals surface area (Å²) in [4.78, 5) is 6.90. The summed E-state index contributed by atoms with van der Waals surface area (Å²) in [5.41, 5.74) is 2.00.